The van der Waals surface area contributed by atoms with Crippen LogP contribution in [-0.4, -0.2) is 43.2 Å². The molecule has 0 saturated carbocycles. The molecule has 0 unspecified atom stereocenters. The van der Waals surface area contributed by atoms with E-state index in [-0.39, 0.29) is 0 Å². The van der Waals surface area contributed by atoms with E-state index in [2.05, 4.69) is 5.10 Å². The van der Waals surface area contributed by atoms with Crippen LogP contribution in [0.1, 0.15) is 27.9 Å². The number of carbonyl (C=O) groups excluding carboxylic acids is 1. The lowest BCUT2D eigenvalue weighted by molar-refractivity contribution is -0.0458. The second kappa shape index (κ2) is 9.20. The first-order valence-corrected chi connectivity index (χ1v) is 9.85. The van der Waals surface area contributed by atoms with Crippen molar-refractivity contribution < 1.29 is 28.5 Å². The molecule has 0 atom stereocenters. The molecule has 0 amide bonds. The maximum absolute atomic E-state index is 12.0. The molecular weight excluding hydrogens is 400 g/mol. The van der Waals surface area contributed by atoms with Crippen LogP contribution in [0, 0.1) is 0 Å². The van der Waals surface area contributed by atoms with Gasteiger partial charge in [0.05, 0.1) is 38.7 Å². The number of ether oxygens (including phenoxy) is 5. The molecule has 0 N–H and O–H groups in total. The number of aromatic nitrogens is 2. The zero-order valence-electron chi connectivity index (χ0n) is 17.7. The smallest absolute Gasteiger partial charge is 0.356 e. The Kier molecular flexibility index (Phi) is 6.20. The molecule has 1 aliphatic heterocycles. The van der Waals surface area contributed by atoms with Crippen molar-refractivity contribution >= 4 is 5.97 Å². The van der Waals surface area contributed by atoms with Crippen LogP contribution in [0.25, 0.3) is 11.3 Å². The highest BCUT2D eigenvalue weighted by molar-refractivity contribution is 5.89. The average Bonchev–Trinajstić information content (AvgIpc) is 3.47. The molecule has 8 nitrogen and oxygen atoms in total. The van der Waals surface area contributed by atoms with Crippen LogP contribution in [0.4, 0.5) is 0 Å². The Balaban J connectivity index is 1.71. The maximum atomic E-state index is 12.0. The van der Waals surface area contributed by atoms with E-state index in [0.717, 1.165) is 22.4 Å². The fourth-order valence-corrected chi connectivity index (χ4v) is 3.41. The van der Waals surface area contributed by atoms with Gasteiger partial charge in [0.2, 0.25) is 0 Å². The summed E-state index contributed by atoms with van der Waals surface area (Å²) in [5.41, 5.74) is 3.42. The molecule has 2 heterocycles. The van der Waals surface area contributed by atoms with Gasteiger partial charge in [0.25, 0.3) is 0 Å². The Morgan fingerprint density at radius 3 is 2.55 bits per heavy atom. The van der Waals surface area contributed by atoms with E-state index >= 15 is 0 Å². The second-order valence-corrected chi connectivity index (χ2v) is 6.96. The normalized spacial score (nSPS) is 13.9. The van der Waals surface area contributed by atoms with E-state index in [0.29, 0.717) is 37.0 Å². The number of hydrogen-bond acceptors (Lipinski definition) is 7. The van der Waals surface area contributed by atoms with Crippen LogP contribution >= 0.6 is 0 Å². The number of rotatable bonds is 7. The summed E-state index contributed by atoms with van der Waals surface area (Å²) in [6.07, 6.45) is -0.519. The van der Waals surface area contributed by atoms with Crippen LogP contribution in [0.15, 0.2) is 48.5 Å². The lowest BCUT2D eigenvalue weighted by atomic mass is 10.0. The fraction of sp³-hybridized carbons (Fsp3) is 0.304. The predicted octanol–water partition coefficient (Wildman–Crippen LogP) is 3.51. The summed E-state index contributed by atoms with van der Waals surface area (Å²) in [4.78, 5) is 12.0. The number of nitrogens with zero attached hydrogens (tertiary/aromatic N) is 2. The first kappa shape index (κ1) is 20.9. The summed E-state index contributed by atoms with van der Waals surface area (Å²) < 4.78 is 29.3. The molecule has 2 aromatic carbocycles. The van der Waals surface area contributed by atoms with Crippen molar-refractivity contribution in [2.45, 2.75) is 12.9 Å². The van der Waals surface area contributed by atoms with Crippen molar-refractivity contribution in [3.63, 3.8) is 0 Å². The summed E-state index contributed by atoms with van der Waals surface area (Å²) in [5.74, 6) is 0.918. The van der Waals surface area contributed by atoms with Crippen molar-refractivity contribution in [3.05, 3.63) is 65.4 Å². The zero-order chi connectivity index (χ0) is 21.8. The largest absolute Gasteiger partial charge is 0.497 e. The molecule has 4 rings (SSSR count). The van der Waals surface area contributed by atoms with Crippen LogP contribution in [0.5, 0.6) is 11.5 Å². The van der Waals surface area contributed by atoms with Gasteiger partial charge in [0.15, 0.2) is 6.29 Å². The number of hydrogen-bond donors (Lipinski definition) is 0. The number of carbonyl (C=O) groups is 1. The van der Waals surface area contributed by atoms with Crippen LogP contribution in [-0.2, 0) is 27.9 Å². The average molecular weight is 424 g/mol. The first-order valence-electron chi connectivity index (χ1n) is 9.85. The van der Waals surface area contributed by atoms with E-state index in [1.54, 1.807) is 20.2 Å². The Bertz CT molecular complexity index is 1050. The van der Waals surface area contributed by atoms with Crippen molar-refractivity contribution in [2.75, 3.05) is 27.4 Å². The summed E-state index contributed by atoms with van der Waals surface area (Å²) in [5, 5.41) is 4.49. The summed E-state index contributed by atoms with van der Waals surface area (Å²) in [6.45, 7) is 1.36. The molecule has 0 aliphatic carbocycles. The molecule has 3 aromatic rings. The summed E-state index contributed by atoms with van der Waals surface area (Å²) in [6, 6.07) is 15.0. The van der Waals surface area contributed by atoms with Gasteiger partial charge < -0.3 is 23.7 Å². The van der Waals surface area contributed by atoms with Gasteiger partial charge in [-0.1, -0.05) is 24.3 Å². The van der Waals surface area contributed by atoms with Gasteiger partial charge in [-0.05, 0) is 29.8 Å². The quantitative estimate of drug-likeness (QED) is 0.537. The lowest BCUT2D eigenvalue weighted by Crippen LogP contribution is -2.07. The first-order chi connectivity index (χ1) is 15.1. The van der Waals surface area contributed by atoms with Crippen molar-refractivity contribution in [1.82, 2.24) is 9.78 Å². The maximum Gasteiger partial charge on any atom is 0.356 e. The van der Waals surface area contributed by atoms with E-state index < -0.39 is 12.3 Å². The Labute approximate surface area is 180 Å². The van der Waals surface area contributed by atoms with Crippen LogP contribution < -0.4 is 9.47 Å². The molecule has 1 aromatic heterocycles. The third-order valence-corrected chi connectivity index (χ3v) is 5.01. The van der Waals surface area contributed by atoms with Gasteiger partial charge in [0.1, 0.15) is 23.8 Å². The minimum absolute atomic E-state index is 0.331. The monoisotopic (exact) mass is 424 g/mol. The van der Waals surface area contributed by atoms with Crippen molar-refractivity contribution in [3.8, 4) is 22.8 Å². The lowest BCUT2D eigenvalue weighted by Gasteiger charge is -2.18. The van der Waals surface area contributed by atoms with E-state index in [1.807, 2.05) is 42.5 Å². The van der Waals surface area contributed by atoms with Crippen LogP contribution in [0.3, 0.4) is 0 Å². The second-order valence-electron chi connectivity index (χ2n) is 6.96. The fourth-order valence-electron chi connectivity index (χ4n) is 3.41. The number of aryl methyl sites for hydroxylation is 1. The number of benzene rings is 2. The SMILES string of the molecule is COC(=O)c1cc(-c2cccc(C3OCCO3)c2OCc2ccc(OC)cc2)nn1C. The van der Waals surface area contributed by atoms with Gasteiger partial charge in [-0.3, -0.25) is 4.68 Å². The highest BCUT2D eigenvalue weighted by atomic mass is 16.7. The molecule has 0 spiro atoms. The highest BCUT2D eigenvalue weighted by Gasteiger charge is 2.26. The standard InChI is InChI=1S/C23H24N2O6/c1-25-20(22(26)28-3)13-19(24-25)17-5-4-6-18(23-29-11-12-30-23)21(17)31-14-15-7-9-16(27-2)10-8-15/h4-10,13,23H,11-12,14H2,1-3H3. The Hall–Kier alpha value is -3.36. The summed E-state index contributed by atoms with van der Waals surface area (Å²) >= 11 is 0. The number of methoxy groups -OCH3 is 2. The molecule has 8 heteroatoms. The third kappa shape index (κ3) is 4.40. The zero-order valence-corrected chi connectivity index (χ0v) is 17.7. The molecule has 1 fully saturated rings. The van der Waals surface area contributed by atoms with Crippen LogP contribution in [0.2, 0.25) is 0 Å². The molecule has 1 aliphatic rings. The molecule has 162 valence electrons. The van der Waals surface area contributed by atoms with Crippen molar-refractivity contribution in [2.24, 2.45) is 7.05 Å². The molecule has 1 saturated heterocycles. The van der Waals surface area contributed by atoms with Gasteiger partial charge in [0, 0.05) is 12.6 Å². The third-order valence-electron chi connectivity index (χ3n) is 5.01. The predicted molar refractivity (Wildman–Crippen MR) is 112 cm³/mol. The van der Waals surface area contributed by atoms with Gasteiger partial charge in [-0.2, -0.15) is 5.10 Å². The molecule has 0 radical (unpaired) electrons. The van der Waals surface area contributed by atoms with E-state index in [9.17, 15) is 4.79 Å². The van der Waals surface area contributed by atoms with Gasteiger partial charge in [-0.15, -0.1) is 0 Å². The topological polar surface area (TPSA) is 81.0 Å². The van der Waals surface area contributed by atoms with Crippen molar-refractivity contribution in [1.29, 1.82) is 0 Å². The minimum Gasteiger partial charge on any atom is -0.497 e. The Morgan fingerprint density at radius 2 is 1.87 bits per heavy atom. The number of esters is 1. The van der Waals surface area contributed by atoms with Gasteiger partial charge in [-0.25, -0.2) is 4.79 Å². The number of para-hydroxylation sites is 1. The van der Waals surface area contributed by atoms with E-state index in [4.69, 9.17) is 23.7 Å². The van der Waals surface area contributed by atoms with Gasteiger partial charge >= 0.3 is 5.97 Å². The molecular formula is C23H24N2O6. The minimum atomic E-state index is -0.519. The molecule has 31 heavy (non-hydrogen) atoms. The Morgan fingerprint density at radius 1 is 1.13 bits per heavy atom. The highest BCUT2D eigenvalue weighted by Crippen LogP contribution is 2.39. The summed E-state index contributed by atoms with van der Waals surface area (Å²) in [7, 11) is 4.67. The molecule has 0 bridgehead atoms. The van der Waals surface area contributed by atoms with E-state index in [1.165, 1.54) is 11.8 Å².